The van der Waals surface area contributed by atoms with E-state index in [1.54, 1.807) is 60.0 Å². The highest BCUT2D eigenvalue weighted by atomic mass is 35.5. The fourth-order valence-corrected chi connectivity index (χ4v) is 5.43. The Morgan fingerprint density at radius 1 is 0.591 bits per heavy atom. The largest absolute Gasteiger partial charge is 0.479 e. The number of hydrogen-bond acceptors (Lipinski definition) is 4. The molecule has 0 aliphatic heterocycles. The van der Waals surface area contributed by atoms with Crippen LogP contribution < -0.4 is 9.47 Å². The van der Waals surface area contributed by atoms with Crippen LogP contribution in [0.2, 0.25) is 20.1 Å². The first-order chi connectivity index (χ1) is 21.1. The van der Waals surface area contributed by atoms with Crippen LogP contribution in [0.25, 0.3) is 0 Å². The number of carbonyl (C=O) groups excluding carboxylic acids is 2. The molecule has 10 heteroatoms. The molecule has 0 saturated heterocycles. The highest BCUT2D eigenvalue weighted by molar-refractivity contribution is 6.36. The van der Waals surface area contributed by atoms with E-state index >= 15 is 0 Å². The second-order valence-electron chi connectivity index (χ2n) is 10.2. The van der Waals surface area contributed by atoms with Gasteiger partial charge in [0.1, 0.15) is 11.5 Å². The minimum Gasteiger partial charge on any atom is -0.479 e. The third-order valence-corrected chi connectivity index (χ3v) is 7.85. The standard InChI is InChI=1S/C34H32Cl4N2O4/c1-23(43-31-15-13-27(35)19-29(31)37)33(41)39(21-25-9-5-3-6-10-25)17-18-40(22-26-11-7-4-8-12-26)34(42)24(2)44-32-16-14-28(36)20-30(32)38/h3-16,19-20,23-24H,17-18,21-22H2,1-2H3/t23-,24+. The lowest BCUT2D eigenvalue weighted by Crippen LogP contribution is -2.47. The molecule has 230 valence electrons. The molecule has 0 radical (unpaired) electrons. The summed E-state index contributed by atoms with van der Waals surface area (Å²) in [6, 6.07) is 28.9. The predicted molar refractivity (Wildman–Crippen MR) is 177 cm³/mol. The molecule has 4 aromatic carbocycles. The SMILES string of the molecule is C[C@H](Oc1ccc(Cl)cc1Cl)C(=O)N(CCN(Cc1ccccc1)C(=O)[C@@H](C)Oc1ccc(Cl)cc1Cl)Cc1ccccc1. The first-order valence-electron chi connectivity index (χ1n) is 14.0. The van der Waals surface area contributed by atoms with Gasteiger partial charge in [-0.3, -0.25) is 9.59 Å². The number of nitrogens with zero attached hydrogens (tertiary/aromatic N) is 2. The van der Waals surface area contributed by atoms with Crippen molar-refractivity contribution in [1.82, 2.24) is 9.80 Å². The Balaban J connectivity index is 1.54. The molecule has 0 aliphatic rings. The average Bonchev–Trinajstić information content (AvgIpc) is 3.01. The Morgan fingerprint density at radius 3 is 1.30 bits per heavy atom. The lowest BCUT2D eigenvalue weighted by Gasteiger charge is -2.31. The minimum absolute atomic E-state index is 0.239. The molecular formula is C34H32Cl4N2O4. The molecule has 0 unspecified atom stereocenters. The fraction of sp³-hybridized carbons (Fsp3) is 0.235. The number of hydrogen-bond donors (Lipinski definition) is 0. The van der Waals surface area contributed by atoms with E-state index in [4.69, 9.17) is 55.9 Å². The molecule has 0 N–H and O–H groups in total. The molecule has 2 amide bonds. The molecule has 4 aromatic rings. The summed E-state index contributed by atoms with van der Waals surface area (Å²) in [6.07, 6.45) is -1.71. The van der Waals surface area contributed by atoms with Gasteiger partial charge < -0.3 is 19.3 Å². The normalized spacial score (nSPS) is 12.2. The van der Waals surface area contributed by atoms with Crippen LogP contribution in [0.4, 0.5) is 0 Å². The van der Waals surface area contributed by atoms with Gasteiger partial charge in [0, 0.05) is 36.2 Å². The Labute approximate surface area is 278 Å². The topological polar surface area (TPSA) is 59.1 Å². The molecule has 0 aromatic heterocycles. The molecule has 0 bridgehead atoms. The van der Waals surface area contributed by atoms with Gasteiger partial charge in [-0.1, -0.05) is 107 Å². The van der Waals surface area contributed by atoms with Crippen LogP contribution in [-0.4, -0.2) is 46.9 Å². The van der Waals surface area contributed by atoms with E-state index in [0.29, 0.717) is 44.7 Å². The van der Waals surface area contributed by atoms with Crippen LogP contribution in [-0.2, 0) is 22.7 Å². The Morgan fingerprint density at radius 2 is 0.955 bits per heavy atom. The van der Waals surface area contributed by atoms with Gasteiger partial charge in [-0.05, 0) is 61.4 Å². The Kier molecular flexibility index (Phi) is 12.2. The van der Waals surface area contributed by atoms with Gasteiger partial charge in [-0.2, -0.15) is 0 Å². The summed E-state index contributed by atoms with van der Waals surface area (Å²) >= 11 is 24.7. The Bertz CT molecular complexity index is 1440. The quantitative estimate of drug-likeness (QED) is 0.143. The summed E-state index contributed by atoms with van der Waals surface area (Å²) in [5.74, 6) is 0.182. The molecule has 0 fully saturated rings. The summed E-state index contributed by atoms with van der Waals surface area (Å²) < 4.78 is 11.9. The van der Waals surface area contributed by atoms with Crippen LogP contribution in [0.1, 0.15) is 25.0 Å². The van der Waals surface area contributed by atoms with Crippen molar-refractivity contribution in [2.24, 2.45) is 0 Å². The maximum atomic E-state index is 13.8. The van der Waals surface area contributed by atoms with Crippen LogP contribution >= 0.6 is 46.4 Å². The second kappa shape index (κ2) is 16.1. The summed E-state index contributed by atoms with van der Waals surface area (Å²) in [7, 11) is 0. The highest BCUT2D eigenvalue weighted by Gasteiger charge is 2.27. The number of halogens is 4. The zero-order valence-corrected chi connectivity index (χ0v) is 27.3. The number of carbonyl (C=O) groups is 2. The van der Waals surface area contributed by atoms with Gasteiger partial charge in [0.2, 0.25) is 0 Å². The van der Waals surface area contributed by atoms with Crippen molar-refractivity contribution in [3.63, 3.8) is 0 Å². The van der Waals surface area contributed by atoms with Gasteiger partial charge in [-0.25, -0.2) is 0 Å². The van der Waals surface area contributed by atoms with E-state index in [2.05, 4.69) is 0 Å². The third-order valence-electron chi connectivity index (χ3n) is 6.79. The first kappa shape index (κ1) is 33.5. The van der Waals surface area contributed by atoms with Gasteiger partial charge in [0.25, 0.3) is 11.8 Å². The molecule has 0 aliphatic carbocycles. The zero-order chi connectivity index (χ0) is 31.6. The third kappa shape index (κ3) is 9.54. The van der Waals surface area contributed by atoms with E-state index in [-0.39, 0.29) is 24.9 Å². The molecule has 2 atom stereocenters. The fourth-order valence-electron chi connectivity index (χ4n) is 4.52. The molecule has 0 heterocycles. The predicted octanol–water partition coefficient (Wildman–Crippen LogP) is 8.59. The molecule has 0 saturated carbocycles. The van der Waals surface area contributed by atoms with E-state index in [1.165, 1.54) is 0 Å². The Hall–Kier alpha value is -3.42. The molecule has 44 heavy (non-hydrogen) atoms. The van der Waals surface area contributed by atoms with E-state index < -0.39 is 12.2 Å². The number of ether oxygens (including phenoxy) is 2. The van der Waals surface area contributed by atoms with Gasteiger partial charge in [0.05, 0.1) is 10.0 Å². The monoisotopic (exact) mass is 672 g/mol. The summed E-state index contributed by atoms with van der Waals surface area (Å²) in [4.78, 5) is 30.9. The van der Waals surface area contributed by atoms with Crippen molar-refractivity contribution in [3.05, 3.63) is 128 Å². The lowest BCUT2D eigenvalue weighted by molar-refractivity contribution is -0.142. The van der Waals surface area contributed by atoms with Crippen molar-refractivity contribution in [3.8, 4) is 11.5 Å². The summed E-state index contributed by atoms with van der Waals surface area (Å²) in [5, 5.41) is 1.54. The van der Waals surface area contributed by atoms with E-state index in [9.17, 15) is 9.59 Å². The molecular weight excluding hydrogens is 642 g/mol. The van der Waals surface area contributed by atoms with Crippen molar-refractivity contribution >= 4 is 58.2 Å². The van der Waals surface area contributed by atoms with Crippen LogP contribution in [0.3, 0.4) is 0 Å². The summed E-state index contributed by atoms with van der Waals surface area (Å²) in [6.45, 7) is 4.46. The average molecular weight is 674 g/mol. The van der Waals surface area contributed by atoms with Crippen molar-refractivity contribution in [1.29, 1.82) is 0 Å². The van der Waals surface area contributed by atoms with Crippen LogP contribution in [0.5, 0.6) is 11.5 Å². The molecule has 6 nitrogen and oxygen atoms in total. The van der Waals surface area contributed by atoms with Gasteiger partial charge in [-0.15, -0.1) is 0 Å². The maximum Gasteiger partial charge on any atom is 0.263 e. The van der Waals surface area contributed by atoms with Gasteiger partial charge >= 0.3 is 0 Å². The van der Waals surface area contributed by atoms with Crippen molar-refractivity contribution in [2.45, 2.75) is 39.1 Å². The van der Waals surface area contributed by atoms with Gasteiger partial charge in [0.15, 0.2) is 12.2 Å². The number of rotatable bonds is 13. The lowest BCUT2D eigenvalue weighted by atomic mass is 10.2. The number of benzene rings is 4. The van der Waals surface area contributed by atoms with Crippen molar-refractivity contribution in [2.75, 3.05) is 13.1 Å². The van der Waals surface area contributed by atoms with Crippen LogP contribution in [0.15, 0.2) is 97.1 Å². The first-order valence-corrected chi connectivity index (χ1v) is 15.5. The number of amides is 2. The highest BCUT2D eigenvalue weighted by Crippen LogP contribution is 2.30. The van der Waals surface area contributed by atoms with Crippen molar-refractivity contribution < 1.29 is 19.1 Å². The van der Waals surface area contributed by atoms with E-state index in [0.717, 1.165) is 11.1 Å². The second-order valence-corrected chi connectivity index (χ2v) is 11.8. The molecule has 4 rings (SSSR count). The maximum absolute atomic E-state index is 13.8. The minimum atomic E-state index is -0.857. The van der Waals surface area contributed by atoms with Crippen LogP contribution in [0, 0.1) is 0 Å². The zero-order valence-electron chi connectivity index (χ0n) is 24.3. The smallest absolute Gasteiger partial charge is 0.263 e. The van der Waals surface area contributed by atoms with E-state index in [1.807, 2.05) is 60.7 Å². The molecule has 0 spiro atoms. The summed E-state index contributed by atoms with van der Waals surface area (Å²) in [5.41, 5.74) is 1.88.